The molecule has 1 N–H and O–H groups in total. The number of carboxylic acid groups (broad SMARTS) is 1. The Kier molecular flexibility index (Phi) is 3.66. The Balaban J connectivity index is 2.02. The van der Waals surface area contributed by atoms with Crippen molar-refractivity contribution in [1.82, 2.24) is 10.1 Å². The van der Waals surface area contributed by atoms with E-state index in [-0.39, 0.29) is 31.0 Å². The number of hydrogen-bond donors (Lipinski definition) is 1. The number of carboxylic acids is 1. The average molecular weight is 250 g/mol. The minimum absolute atomic E-state index is 0.0681. The Morgan fingerprint density at radius 2 is 2.17 bits per heavy atom. The zero-order valence-electron chi connectivity index (χ0n) is 9.47. The molecule has 0 amide bonds. The van der Waals surface area contributed by atoms with Crippen LogP contribution in [0, 0.1) is 5.82 Å². The van der Waals surface area contributed by atoms with Crippen molar-refractivity contribution >= 4 is 5.97 Å². The molecule has 1 heterocycles. The molecule has 5 nitrogen and oxygen atoms in total. The first kappa shape index (κ1) is 12.2. The minimum atomic E-state index is -0.927. The van der Waals surface area contributed by atoms with Gasteiger partial charge in [0.05, 0.1) is 6.42 Å². The standard InChI is InChI=1S/C12H11FN2O3/c13-9-4-2-1-3-8(9)7-10-14-11(18-15-10)5-6-12(16)17/h1-4H,5-7H2,(H,16,17). The number of nitrogens with zero attached hydrogens (tertiary/aromatic N) is 2. The van der Waals surface area contributed by atoms with Crippen LogP contribution in [0.2, 0.25) is 0 Å². The van der Waals surface area contributed by atoms with Gasteiger partial charge in [0, 0.05) is 12.8 Å². The molecule has 0 aliphatic rings. The number of hydrogen-bond acceptors (Lipinski definition) is 4. The summed E-state index contributed by atoms with van der Waals surface area (Å²) in [6.45, 7) is 0. The van der Waals surface area contributed by atoms with Crippen molar-refractivity contribution in [3.8, 4) is 0 Å². The van der Waals surface area contributed by atoms with Crippen LogP contribution in [0.4, 0.5) is 4.39 Å². The van der Waals surface area contributed by atoms with Gasteiger partial charge in [0.25, 0.3) is 0 Å². The van der Waals surface area contributed by atoms with Gasteiger partial charge < -0.3 is 9.63 Å². The van der Waals surface area contributed by atoms with Crippen LogP contribution in [0.15, 0.2) is 28.8 Å². The lowest BCUT2D eigenvalue weighted by molar-refractivity contribution is -0.137. The molecule has 0 aliphatic heterocycles. The summed E-state index contributed by atoms with van der Waals surface area (Å²) < 4.78 is 18.3. The van der Waals surface area contributed by atoms with Crippen molar-refractivity contribution in [3.05, 3.63) is 47.4 Å². The maximum absolute atomic E-state index is 13.4. The summed E-state index contributed by atoms with van der Waals surface area (Å²) in [5.41, 5.74) is 0.475. The molecule has 0 saturated heterocycles. The molecular formula is C12H11FN2O3. The Labute approximate surface area is 102 Å². The first-order chi connectivity index (χ1) is 8.65. The number of aliphatic carboxylic acids is 1. The van der Waals surface area contributed by atoms with Gasteiger partial charge in [-0.05, 0) is 11.6 Å². The number of carbonyl (C=O) groups is 1. The van der Waals surface area contributed by atoms with Gasteiger partial charge in [-0.15, -0.1) is 0 Å². The molecule has 1 aromatic heterocycles. The van der Waals surface area contributed by atoms with Crippen LogP contribution in [0.5, 0.6) is 0 Å². The summed E-state index contributed by atoms with van der Waals surface area (Å²) in [5, 5.41) is 12.2. The maximum Gasteiger partial charge on any atom is 0.303 e. The van der Waals surface area contributed by atoms with Gasteiger partial charge in [-0.3, -0.25) is 4.79 Å². The largest absolute Gasteiger partial charge is 0.481 e. The lowest BCUT2D eigenvalue weighted by atomic mass is 10.1. The van der Waals surface area contributed by atoms with E-state index in [1.807, 2.05) is 0 Å². The molecule has 0 bridgehead atoms. The molecule has 1 aromatic carbocycles. The van der Waals surface area contributed by atoms with Crippen LogP contribution in [0.3, 0.4) is 0 Å². The van der Waals surface area contributed by atoms with Crippen LogP contribution >= 0.6 is 0 Å². The first-order valence-electron chi connectivity index (χ1n) is 5.42. The molecule has 0 fully saturated rings. The Hall–Kier alpha value is -2.24. The summed E-state index contributed by atoms with van der Waals surface area (Å²) in [6.07, 6.45) is 0.337. The van der Waals surface area contributed by atoms with E-state index in [1.54, 1.807) is 18.2 Å². The predicted octanol–water partition coefficient (Wildman–Crippen LogP) is 1.82. The Morgan fingerprint density at radius 3 is 2.89 bits per heavy atom. The van der Waals surface area contributed by atoms with Gasteiger partial charge in [-0.2, -0.15) is 4.98 Å². The second kappa shape index (κ2) is 5.39. The van der Waals surface area contributed by atoms with E-state index < -0.39 is 5.97 Å². The highest BCUT2D eigenvalue weighted by molar-refractivity contribution is 5.66. The smallest absolute Gasteiger partial charge is 0.303 e. The van der Waals surface area contributed by atoms with E-state index in [9.17, 15) is 9.18 Å². The van der Waals surface area contributed by atoms with Crippen molar-refractivity contribution in [2.75, 3.05) is 0 Å². The summed E-state index contributed by atoms with van der Waals surface area (Å²) in [7, 11) is 0. The third-order valence-corrected chi connectivity index (χ3v) is 2.37. The first-order valence-corrected chi connectivity index (χ1v) is 5.42. The third-order valence-electron chi connectivity index (χ3n) is 2.37. The zero-order valence-corrected chi connectivity index (χ0v) is 9.47. The predicted molar refractivity (Wildman–Crippen MR) is 59.5 cm³/mol. The third kappa shape index (κ3) is 3.13. The van der Waals surface area contributed by atoms with Gasteiger partial charge in [0.1, 0.15) is 5.82 Å². The van der Waals surface area contributed by atoms with E-state index in [0.29, 0.717) is 11.4 Å². The van der Waals surface area contributed by atoms with Gasteiger partial charge in [0.15, 0.2) is 5.82 Å². The molecular weight excluding hydrogens is 239 g/mol. The molecule has 18 heavy (non-hydrogen) atoms. The molecule has 6 heteroatoms. The van der Waals surface area contributed by atoms with Crippen molar-refractivity contribution in [2.45, 2.75) is 19.3 Å². The van der Waals surface area contributed by atoms with Crippen LogP contribution < -0.4 is 0 Å². The van der Waals surface area contributed by atoms with Crippen LogP contribution in [0.1, 0.15) is 23.7 Å². The van der Waals surface area contributed by atoms with E-state index in [1.165, 1.54) is 6.07 Å². The lowest BCUT2D eigenvalue weighted by Crippen LogP contribution is -1.98. The van der Waals surface area contributed by atoms with Gasteiger partial charge in [-0.1, -0.05) is 23.4 Å². The zero-order chi connectivity index (χ0) is 13.0. The summed E-state index contributed by atoms with van der Waals surface area (Å²) in [5.74, 6) is -0.650. The fourth-order valence-corrected chi connectivity index (χ4v) is 1.49. The highest BCUT2D eigenvalue weighted by Crippen LogP contribution is 2.11. The molecule has 94 valence electrons. The van der Waals surface area contributed by atoms with E-state index >= 15 is 0 Å². The summed E-state index contributed by atoms with van der Waals surface area (Å²) >= 11 is 0. The average Bonchev–Trinajstić information content (AvgIpc) is 2.77. The topological polar surface area (TPSA) is 76.2 Å². The highest BCUT2D eigenvalue weighted by atomic mass is 19.1. The molecule has 0 aliphatic carbocycles. The van der Waals surface area contributed by atoms with Crippen molar-refractivity contribution in [3.63, 3.8) is 0 Å². The molecule has 0 unspecified atom stereocenters. The number of aryl methyl sites for hydroxylation is 1. The van der Waals surface area contributed by atoms with Crippen molar-refractivity contribution in [1.29, 1.82) is 0 Å². The van der Waals surface area contributed by atoms with Crippen LogP contribution in [0.25, 0.3) is 0 Å². The molecule has 0 saturated carbocycles. The Morgan fingerprint density at radius 1 is 1.39 bits per heavy atom. The lowest BCUT2D eigenvalue weighted by Gasteiger charge is -1.97. The van der Waals surface area contributed by atoms with Crippen molar-refractivity contribution < 1.29 is 18.8 Å². The quantitative estimate of drug-likeness (QED) is 0.875. The molecule has 0 atom stereocenters. The maximum atomic E-state index is 13.4. The SMILES string of the molecule is O=C(O)CCc1nc(Cc2ccccc2F)no1. The fraction of sp³-hybridized carbons (Fsp3) is 0.250. The normalized spacial score (nSPS) is 10.5. The number of aromatic nitrogens is 2. The van der Waals surface area contributed by atoms with Gasteiger partial charge in [0.2, 0.25) is 5.89 Å². The fourth-order valence-electron chi connectivity index (χ4n) is 1.49. The molecule has 0 spiro atoms. The van der Waals surface area contributed by atoms with Crippen molar-refractivity contribution in [2.24, 2.45) is 0 Å². The number of halogens is 1. The summed E-state index contributed by atoms with van der Waals surface area (Å²) in [4.78, 5) is 14.4. The number of rotatable bonds is 5. The van der Waals surface area contributed by atoms with Gasteiger partial charge >= 0.3 is 5.97 Å². The second-order valence-electron chi connectivity index (χ2n) is 3.77. The van der Waals surface area contributed by atoms with Crippen LogP contribution in [-0.4, -0.2) is 21.2 Å². The van der Waals surface area contributed by atoms with E-state index in [4.69, 9.17) is 9.63 Å². The van der Waals surface area contributed by atoms with Crippen LogP contribution in [-0.2, 0) is 17.6 Å². The van der Waals surface area contributed by atoms with E-state index in [2.05, 4.69) is 10.1 Å². The molecule has 0 radical (unpaired) electrons. The van der Waals surface area contributed by atoms with Gasteiger partial charge in [-0.25, -0.2) is 4.39 Å². The van der Waals surface area contributed by atoms with E-state index in [0.717, 1.165) is 0 Å². The second-order valence-corrected chi connectivity index (χ2v) is 3.77. The molecule has 2 rings (SSSR count). The monoisotopic (exact) mass is 250 g/mol. The summed E-state index contributed by atoms with van der Waals surface area (Å²) in [6, 6.07) is 6.33. The highest BCUT2D eigenvalue weighted by Gasteiger charge is 2.10. The Bertz CT molecular complexity index is 554. The molecule has 2 aromatic rings. The minimum Gasteiger partial charge on any atom is -0.481 e. The number of benzene rings is 1.